The molecule has 0 amide bonds. The molecule has 4 rings (SSSR count). The largest absolute Gasteiger partial charge is 0.388 e. The van der Waals surface area contributed by atoms with Gasteiger partial charge in [0.05, 0.1) is 11.3 Å². The van der Waals surface area contributed by atoms with Gasteiger partial charge < -0.3 is 14.7 Å². The van der Waals surface area contributed by atoms with Crippen LogP contribution in [0.5, 0.6) is 0 Å². The molecule has 1 N–H and O–H groups in total. The Bertz CT molecular complexity index is 673. The summed E-state index contributed by atoms with van der Waals surface area (Å²) < 4.78 is 7.08. The minimum Gasteiger partial charge on any atom is -0.388 e. The molecule has 144 valence electrons. The predicted molar refractivity (Wildman–Crippen MR) is 99.3 cm³/mol. The molecule has 6 nitrogen and oxygen atoms in total. The molecule has 1 aromatic rings. The molecule has 2 fully saturated rings. The summed E-state index contributed by atoms with van der Waals surface area (Å²) in [7, 11) is 0. The van der Waals surface area contributed by atoms with Crippen LogP contribution in [0.1, 0.15) is 49.8 Å². The fourth-order valence-electron chi connectivity index (χ4n) is 4.63. The van der Waals surface area contributed by atoms with Crippen LogP contribution in [0.3, 0.4) is 0 Å². The van der Waals surface area contributed by atoms with Crippen LogP contribution in [0.2, 0.25) is 0 Å². The third-order valence-corrected chi connectivity index (χ3v) is 6.35. The quantitative estimate of drug-likeness (QED) is 0.877. The summed E-state index contributed by atoms with van der Waals surface area (Å²) in [5.41, 5.74) is 1.78. The van der Waals surface area contributed by atoms with Gasteiger partial charge in [0, 0.05) is 45.2 Å². The van der Waals surface area contributed by atoms with Crippen molar-refractivity contribution in [3.8, 4) is 0 Å². The molecule has 3 aliphatic rings. The maximum absolute atomic E-state index is 12.4. The number of hydrogen-bond acceptors (Lipinski definition) is 5. The Balaban J connectivity index is 1.32. The zero-order valence-corrected chi connectivity index (χ0v) is 15.7. The Labute approximate surface area is 155 Å². The van der Waals surface area contributed by atoms with Crippen molar-refractivity contribution in [2.45, 2.75) is 63.5 Å². The second kappa shape index (κ2) is 7.79. The lowest BCUT2D eigenvalue weighted by Gasteiger charge is -2.39. The smallest absolute Gasteiger partial charge is 0.267 e. The number of β-amino-alcohol motifs (C(OH)–C–C–N with tert-alkyl or cyclic N) is 1. The Morgan fingerprint density at radius 1 is 1.19 bits per heavy atom. The molecule has 0 unspecified atom stereocenters. The van der Waals surface area contributed by atoms with Gasteiger partial charge in [-0.3, -0.25) is 4.79 Å². The maximum Gasteiger partial charge on any atom is 0.267 e. The van der Waals surface area contributed by atoms with E-state index in [2.05, 4.69) is 10.00 Å². The molecule has 2 aliphatic heterocycles. The van der Waals surface area contributed by atoms with Gasteiger partial charge in [-0.2, -0.15) is 5.10 Å². The van der Waals surface area contributed by atoms with Crippen molar-refractivity contribution in [3.05, 3.63) is 27.7 Å². The van der Waals surface area contributed by atoms with Gasteiger partial charge in [0.15, 0.2) is 0 Å². The van der Waals surface area contributed by atoms with Gasteiger partial charge in [-0.25, -0.2) is 4.68 Å². The van der Waals surface area contributed by atoms with Gasteiger partial charge in [-0.1, -0.05) is 0 Å². The topological polar surface area (TPSA) is 67.6 Å². The summed E-state index contributed by atoms with van der Waals surface area (Å²) in [6.07, 6.45) is 7.99. The van der Waals surface area contributed by atoms with Crippen LogP contribution in [0.15, 0.2) is 10.9 Å². The summed E-state index contributed by atoms with van der Waals surface area (Å²) >= 11 is 0. The Morgan fingerprint density at radius 2 is 1.92 bits per heavy atom. The summed E-state index contributed by atoms with van der Waals surface area (Å²) in [6.45, 7) is 4.80. The van der Waals surface area contributed by atoms with Crippen LogP contribution >= 0.6 is 0 Å². The number of piperidine rings is 1. The minimum atomic E-state index is -0.581. The minimum absolute atomic E-state index is 0.0598. The Hall–Kier alpha value is -1.24. The van der Waals surface area contributed by atoms with Crippen molar-refractivity contribution in [1.82, 2.24) is 14.7 Å². The highest BCUT2D eigenvalue weighted by atomic mass is 16.5. The number of aryl methyl sites for hydroxylation is 2. The number of likely N-dealkylation sites (tertiary alicyclic amines) is 1. The van der Waals surface area contributed by atoms with Crippen molar-refractivity contribution < 1.29 is 9.84 Å². The lowest BCUT2D eigenvalue weighted by atomic mass is 9.91. The fraction of sp³-hybridized carbons (Fsp3) is 0.800. The Kier molecular flexibility index (Phi) is 5.43. The van der Waals surface area contributed by atoms with Crippen molar-refractivity contribution in [3.63, 3.8) is 0 Å². The summed E-state index contributed by atoms with van der Waals surface area (Å²) in [5, 5.41) is 15.4. The monoisotopic (exact) mass is 361 g/mol. The van der Waals surface area contributed by atoms with Crippen molar-refractivity contribution in [2.75, 3.05) is 32.8 Å². The normalized spacial score (nSPS) is 24.3. The molecule has 3 heterocycles. The highest BCUT2D eigenvalue weighted by molar-refractivity contribution is 5.20. The highest BCUT2D eigenvalue weighted by Gasteiger charge is 2.33. The number of aromatic nitrogens is 2. The summed E-state index contributed by atoms with van der Waals surface area (Å²) in [4.78, 5) is 14.8. The molecule has 1 aromatic heterocycles. The highest BCUT2D eigenvalue weighted by Crippen LogP contribution is 2.25. The van der Waals surface area contributed by atoms with Crippen LogP contribution in [-0.2, 0) is 24.1 Å². The first-order valence-electron chi connectivity index (χ1n) is 10.2. The Morgan fingerprint density at radius 3 is 2.69 bits per heavy atom. The maximum atomic E-state index is 12.4. The van der Waals surface area contributed by atoms with E-state index in [0.717, 1.165) is 76.0 Å². The molecule has 2 saturated heterocycles. The number of hydrogen-bond donors (Lipinski definition) is 1. The lowest BCUT2D eigenvalue weighted by Crippen LogP contribution is -2.49. The first-order valence-corrected chi connectivity index (χ1v) is 10.2. The van der Waals surface area contributed by atoms with Crippen molar-refractivity contribution in [2.24, 2.45) is 5.92 Å². The van der Waals surface area contributed by atoms with E-state index in [9.17, 15) is 9.90 Å². The molecule has 0 bridgehead atoms. The van der Waals surface area contributed by atoms with E-state index in [0.29, 0.717) is 19.1 Å². The van der Waals surface area contributed by atoms with Crippen LogP contribution in [0.25, 0.3) is 0 Å². The van der Waals surface area contributed by atoms with E-state index in [1.54, 1.807) is 4.68 Å². The van der Waals surface area contributed by atoms with E-state index in [1.165, 1.54) is 12.8 Å². The molecular weight excluding hydrogens is 330 g/mol. The van der Waals surface area contributed by atoms with E-state index in [1.807, 2.05) is 6.07 Å². The second-order valence-electron chi connectivity index (χ2n) is 8.40. The zero-order chi connectivity index (χ0) is 18.0. The number of rotatable bonds is 4. The average molecular weight is 361 g/mol. The van der Waals surface area contributed by atoms with Crippen LogP contribution in [0, 0.1) is 5.92 Å². The third-order valence-electron chi connectivity index (χ3n) is 6.35. The van der Waals surface area contributed by atoms with Crippen LogP contribution in [0.4, 0.5) is 0 Å². The van der Waals surface area contributed by atoms with Gasteiger partial charge in [0.1, 0.15) is 0 Å². The predicted octanol–water partition coefficient (Wildman–Crippen LogP) is 1.38. The molecule has 0 aromatic carbocycles. The molecule has 0 radical (unpaired) electrons. The van der Waals surface area contributed by atoms with Gasteiger partial charge in [-0.15, -0.1) is 0 Å². The summed E-state index contributed by atoms with van der Waals surface area (Å²) in [5.74, 6) is 0.502. The van der Waals surface area contributed by atoms with E-state index < -0.39 is 5.60 Å². The van der Waals surface area contributed by atoms with Gasteiger partial charge >= 0.3 is 0 Å². The van der Waals surface area contributed by atoms with E-state index in [4.69, 9.17) is 4.74 Å². The number of fused-ring (bicyclic) bond motifs is 1. The first-order chi connectivity index (χ1) is 12.6. The van der Waals surface area contributed by atoms with Crippen molar-refractivity contribution >= 4 is 0 Å². The lowest BCUT2D eigenvalue weighted by molar-refractivity contribution is -0.0832. The van der Waals surface area contributed by atoms with Crippen molar-refractivity contribution in [1.29, 1.82) is 0 Å². The first kappa shape index (κ1) is 18.1. The average Bonchev–Trinajstić information content (AvgIpc) is 2.64. The molecule has 0 spiro atoms. The van der Waals surface area contributed by atoms with Crippen LogP contribution < -0.4 is 5.56 Å². The molecule has 0 atom stereocenters. The third kappa shape index (κ3) is 4.18. The van der Waals surface area contributed by atoms with E-state index in [-0.39, 0.29) is 5.56 Å². The van der Waals surface area contributed by atoms with Gasteiger partial charge in [0.2, 0.25) is 0 Å². The molecule has 6 heteroatoms. The van der Waals surface area contributed by atoms with Gasteiger partial charge in [-0.05, 0) is 63.1 Å². The fourth-order valence-corrected chi connectivity index (χ4v) is 4.63. The molecule has 26 heavy (non-hydrogen) atoms. The molecular formula is C20H31N3O3. The SMILES string of the molecule is O=c1cc2c(nn1CC1CCN(CC3(O)CCOCC3)CC1)CCCC2. The zero-order valence-electron chi connectivity index (χ0n) is 15.7. The number of aliphatic hydroxyl groups is 1. The standard InChI is InChI=1S/C20H31N3O3/c24-19-13-17-3-1-2-4-18(17)21-23(19)14-16-5-9-22(10-6-16)15-20(25)7-11-26-12-8-20/h13,16,25H,1-12,14-15H2. The van der Waals surface area contributed by atoms with E-state index >= 15 is 0 Å². The summed E-state index contributed by atoms with van der Waals surface area (Å²) in [6, 6.07) is 1.82. The van der Waals surface area contributed by atoms with Gasteiger partial charge in [0.25, 0.3) is 5.56 Å². The molecule has 0 saturated carbocycles. The second-order valence-corrected chi connectivity index (χ2v) is 8.40. The molecule has 1 aliphatic carbocycles. The number of nitrogens with zero attached hydrogens (tertiary/aromatic N) is 3. The van der Waals surface area contributed by atoms with Crippen LogP contribution in [-0.4, -0.2) is 58.2 Å². The number of ether oxygens (including phenoxy) is 1.